The van der Waals surface area contributed by atoms with Gasteiger partial charge in [-0.1, -0.05) is 34.1 Å². The smallest absolute Gasteiger partial charge is 0.354 e. The topological polar surface area (TPSA) is 80.2 Å². The molecule has 0 saturated carbocycles. The Morgan fingerprint density at radius 3 is 2.68 bits per heavy atom. The molecule has 0 aliphatic carbocycles. The number of halogens is 1. The van der Waals surface area contributed by atoms with E-state index in [1.807, 2.05) is 36.4 Å². The highest BCUT2D eigenvalue weighted by molar-refractivity contribution is 9.10. The molecule has 1 heterocycles. The predicted octanol–water partition coefficient (Wildman–Crippen LogP) is 3.59. The van der Waals surface area contributed by atoms with Gasteiger partial charge in [0.1, 0.15) is 17.5 Å². The van der Waals surface area contributed by atoms with Gasteiger partial charge in [0.15, 0.2) is 0 Å². The number of esters is 1. The molecule has 3 rings (SSSR count). The maximum Gasteiger partial charge on any atom is 0.354 e. The van der Waals surface area contributed by atoms with Crippen molar-refractivity contribution in [2.75, 3.05) is 24.0 Å². The summed E-state index contributed by atoms with van der Waals surface area (Å²) in [7, 11) is 1.53. The Kier molecular flexibility index (Phi) is 6.30. The van der Waals surface area contributed by atoms with E-state index in [1.165, 1.54) is 7.11 Å². The normalized spacial score (nSPS) is 15.8. The summed E-state index contributed by atoms with van der Waals surface area (Å²) in [5.74, 6) is -0.283. The lowest BCUT2D eigenvalue weighted by molar-refractivity contribution is -0.135. The van der Waals surface area contributed by atoms with Crippen LogP contribution in [0.5, 0.6) is 5.75 Å². The molecule has 7 nitrogen and oxygen atoms in total. The molecular weight excluding hydrogens is 426 g/mol. The first-order valence-corrected chi connectivity index (χ1v) is 9.56. The van der Waals surface area contributed by atoms with E-state index in [4.69, 9.17) is 9.47 Å². The minimum atomic E-state index is -0.689. The van der Waals surface area contributed by atoms with Crippen LogP contribution in [0, 0.1) is 0 Å². The first-order valence-electron chi connectivity index (χ1n) is 8.76. The fraction of sp³-hybridized carbons (Fsp3) is 0.250. The van der Waals surface area contributed by atoms with Crippen molar-refractivity contribution in [1.82, 2.24) is 0 Å². The standard InChI is InChI=1S/C20H20BrN3O4/c1-3-28-20(26)16-12-17(24(23-16)14-7-5-4-6-8-14)19(25)22-15-11-13(21)9-10-18(15)27-2/h4-11,17H,3,12H2,1-2H3,(H,22,25). The van der Waals surface area contributed by atoms with Crippen molar-refractivity contribution in [3.63, 3.8) is 0 Å². The zero-order chi connectivity index (χ0) is 20.1. The molecule has 1 N–H and O–H groups in total. The van der Waals surface area contributed by atoms with E-state index in [1.54, 1.807) is 24.1 Å². The van der Waals surface area contributed by atoms with Crippen LogP contribution in [0.3, 0.4) is 0 Å². The van der Waals surface area contributed by atoms with Crippen molar-refractivity contribution in [2.45, 2.75) is 19.4 Å². The Balaban J connectivity index is 1.87. The summed E-state index contributed by atoms with van der Waals surface area (Å²) in [5, 5.41) is 8.78. The van der Waals surface area contributed by atoms with Crippen molar-refractivity contribution in [3.8, 4) is 5.75 Å². The molecule has 0 bridgehead atoms. The first kappa shape index (κ1) is 19.9. The van der Waals surface area contributed by atoms with Gasteiger partial charge in [-0.05, 0) is 37.3 Å². The van der Waals surface area contributed by atoms with E-state index in [2.05, 4.69) is 26.3 Å². The molecule has 1 unspecified atom stereocenters. The maximum atomic E-state index is 13.1. The monoisotopic (exact) mass is 445 g/mol. The van der Waals surface area contributed by atoms with E-state index in [9.17, 15) is 9.59 Å². The van der Waals surface area contributed by atoms with Crippen molar-refractivity contribution >= 4 is 44.9 Å². The fourth-order valence-electron chi connectivity index (χ4n) is 2.86. The van der Waals surface area contributed by atoms with Crippen LogP contribution in [0.4, 0.5) is 11.4 Å². The van der Waals surface area contributed by atoms with E-state index in [0.29, 0.717) is 17.1 Å². The van der Waals surface area contributed by atoms with Crippen LogP contribution in [0.1, 0.15) is 13.3 Å². The summed E-state index contributed by atoms with van der Waals surface area (Å²) in [4.78, 5) is 25.2. The summed E-state index contributed by atoms with van der Waals surface area (Å²) in [5.41, 5.74) is 1.45. The van der Waals surface area contributed by atoms with Crippen molar-refractivity contribution < 1.29 is 19.1 Å². The zero-order valence-corrected chi connectivity index (χ0v) is 17.1. The number of methoxy groups -OCH3 is 1. The van der Waals surface area contributed by atoms with Crippen LogP contribution in [0.25, 0.3) is 0 Å². The number of amides is 1. The molecule has 1 atom stereocenters. The van der Waals surface area contributed by atoms with Gasteiger partial charge < -0.3 is 14.8 Å². The van der Waals surface area contributed by atoms with Gasteiger partial charge in [0.2, 0.25) is 5.91 Å². The second-order valence-corrected chi connectivity index (χ2v) is 6.92. The van der Waals surface area contributed by atoms with Crippen LogP contribution in [-0.4, -0.2) is 37.3 Å². The number of ether oxygens (including phenoxy) is 2. The Morgan fingerprint density at radius 1 is 1.25 bits per heavy atom. The number of carbonyl (C=O) groups is 2. The highest BCUT2D eigenvalue weighted by Crippen LogP contribution is 2.30. The SMILES string of the molecule is CCOC(=O)C1=NN(c2ccccc2)C(C(=O)Nc2cc(Br)ccc2OC)C1. The van der Waals surface area contributed by atoms with E-state index in [0.717, 1.165) is 4.47 Å². The summed E-state index contributed by atoms with van der Waals surface area (Å²) < 4.78 is 11.2. The Hall–Kier alpha value is -2.87. The molecule has 2 aromatic rings. The highest BCUT2D eigenvalue weighted by Gasteiger charge is 2.37. The second kappa shape index (κ2) is 8.88. The van der Waals surface area contributed by atoms with Crippen LogP contribution in [0.15, 0.2) is 58.1 Å². The molecule has 0 spiro atoms. The highest BCUT2D eigenvalue weighted by atomic mass is 79.9. The van der Waals surface area contributed by atoms with Crippen LogP contribution >= 0.6 is 15.9 Å². The largest absolute Gasteiger partial charge is 0.495 e. The quantitative estimate of drug-likeness (QED) is 0.687. The molecule has 0 aromatic heterocycles. The molecule has 1 aliphatic rings. The molecule has 2 aromatic carbocycles. The lowest BCUT2D eigenvalue weighted by Crippen LogP contribution is -2.38. The van der Waals surface area contributed by atoms with Gasteiger partial charge >= 0.3 is 5.97 Å². The first-order chi connectivity index (χ1) is 13.5. The van der Waals surface area contributed by atoms with Crippen molar-refractivity contribution in [2.24, 2.45) is 5.10 Å². The number of rotatable bonds is 6. The predicted molar refractivity (Wildman–Crippen MR) is 111 cm³/mol. The summed E-state index contributed by atoms with van der Waals surface area (Å²) in [6.07, 6.45) is 0.149. The number of para-hydroxylation sites is 1. The van der Waals surface area contributed by atoms with Gasteiger partial charge in [-0.3, -0.25) is 9.80 Å². The third-order valence-electron chi connectivity index (χ3n) is 4.16. The number of nitrogens with zero attached hydrogens (tertiary/aromatic N) is 2. The molecule has 8 heteroatoms. The van der Waals surface area contributed by atoms with E-state index < -0.39 is 12.0 Å². The molecule has 0 saturated heterocycles. The third-order valence-corrected chi connectivity index (χ3v) is 4.66. The van der Waals surface area contributed by atoms with Gasteiger partial charge in [0.05, 0.1) is 25.1 Å². The summed E-state index contributed by atoms with van der Waals surface area (Å²) in [6.45, 7) is 1.97. The number of benzene rings is 2. The van der Waals surface area contributed by atoms with Crippen LogP contribution in [0.2, 0.25) is 0 Å². The lowest BCUT2D eigenvalue weighted by atomic mass is 10.1. The number of carbonyl (C=O) groups excluding carboxylic acids is 2. The number of nitrogens with one attached hydrogen (secondary N) is 1. The Bertz CT molecular complexity index is 902. The van der Waals surface area contributed by atoms with Crippen molar-refractivity contribution in [1.29, 1.82) is 0 Å². The number of hydrogen-bond acceptors (Lipinski definition) is 6. The third kappa shape index (κ3) is 4.33. The molecule has 0 radical (unpaired) electrons. The van der Waals surface area contributed by atoms with Crippen molar-refractivity contribution in [3.05, 3.63) is 53.0 Å². The number of anilines is 2. The molecule has 28 heavy (non-hydrogen) atoms. The molecule has 1 aliphatic heterocycles. The van der Waals surface area contributed by atoms with Gasteiger partial charge in [-0.2, -0.15) is 5.10 Å². The summed E-state index contributed by atoms with van der Waals surface area (Å²) in [6, 6.07) is 13.9. The van der Waals surface area contributed by atoms with Gasteiger partial charge in [-0.15, -0.1) is 0 Å². The van der Waals surface area contributed by atoms with E-state index in [-0.39, 0.29) is 24.6 Å². The minimum Gasteiger partial charge on any atom is -0.495 e. The number of hydrazone groups is 1. The minimum absolute atomic E-state index is 0.149. The molecule has 0 fully saturated rings. The van der Waals surface area contributed by atoms with Gasteiger partial charge in [0, 0.05) is 10.9 Å². The Labute approximate surface area is 171 Å². The van der Waals surface area contributed by atoms with Gasteiger partial charge in [0.25, 0.3) is 0 Å². The molecular formula is C20H20BrN3O4. The zero-order valence-electron chi connectivity index (χ0n) is 15.5. The average molecular weight is 446 g/mol. The van der Waals surface area contributed by atoms with Crippen LogP contribution < -0.4 is 15.1 Å². The second-order valence-electron chi connectivity index (χ2n) is 6.00. The molecule has 1 amide bonds. The summed E-state index contributed by atoms with van der Waals surface area (Å²) >= 11 is 3.39. The number of hydrogen-bond donors (Lipinski definition) is 1. The Morgan fingerprint density at radius 2 is 2.00 bits per heavy atom. The fourth-order valence-corrected chi connectivity index (χ4v) is 3.23. The maximum absolute atomic E-state index is 13.1. The van der Waals surface area contributed by atoms with Crippen LogP contribution in [-0.2, 0) is 14.3 Å². The van der Waals surface area contributed by atoms with Gasteiger partial charge in [-0.25, -0.2) is 4.79 Å². The average Bonchev–Trinajstić information content (AvgIpc) is 3.15. The molecule has 146 valence electrons. The lowest BCUT2D eigenvalue weighted by Gasteiger charge is -2.23. The van der Waals surface area contributed by atoms with E-state index >= 15 is 0 Å².